The first-order valence-corrected chi connectivity index (χ1v) is 8.31. The van der Waals surface area contributed by atoms with E-state index in [1.165, 1.54) is 0 Å². The van der Waals surface area contributed by atoms with Crippen molar-refractivity contribution >= 4 is 11.8 Å². The van der Waals surface area contributed by atoms with Gasteiger partial charge in [-0.15, -0.1) is 0 Å². The van der Waals surface area contributed by atoms with Crippen LogP contribution in [-0.2, 0) is 6.42 Å². The Morgan fingerprint density at radius 3 is 2.00 bits per heavy atom. The monoisotopic (exact) mass is 340 g/mol. The van der Waals surface area contributed by atoms with Crippen LogP contribution in [0.4, 0.5) is 0 Å². The summed E-state index contributed by atoms with van der Waals surface area (Å²) in [4.78, 5) is 24.1. The number of carbonyl (C=O) groups excluding carboxylic acids is 2. The lowest BCUT2D eigenvalue weighted by Crippen LogP contribution is -2.30. The number of amides is 2. The number of carbonyl (C=O) groups is 2. The van der Waals surface area contributed by atoms with Crippen molar-refractivity contribution in [2.24, 2.45) is 0 Å². The second kappa shape index (κ2) is 8.87. The molecular weight excluding hydrogens is 316 g/mol. The Morgan fingerprint density at radius 1 is 0.920 bits per heavy atom. The van der Waals surface area contributed by atoms with Gasteiger partial charge in [0, 0.05) is 23.7 Å². The number of hydrogen-bond acceptors (Lipinski definition) is 3. The number of methoxy groups -OCH3 is 1. The van der Waals surface area contributed by atoms with Crippen molar-refractivity contribution in [3.05, 3.63) is 65.2 Å². The summed E-state index contributed by atoms with van der Waals surface area (Å²) < 4.78 is 5.12. The fourth-order valence-corrected chi connectivity index (χ4v) is 2.33. The third-order valence-corrected chi connectivity index (χ3v) is 3.69. The fourth-order valence-electron chi connectivity index (χ4n) is 2.33. The molecule has 2 rings (SSSR count). The third kappa shape index (κ3) is 5.64. The minimum absolute atomic E-state index is 0.0772. The summed E-state index contributed by atoms with van der Waals surface area (Å²) in [5, 5.41) is 5.71. The van der Waals surface area contributed by atoms with Gasteiger partial charge in [-0.25, -0.2) is 0 Å². The first-order valence-electron chi connectivity index (χ1n) is 8.31. The third-order valence-electron chi connectivity index (χ3n) is 3.69. The van der Waals surface area contributed by atoms with Gasteiger partial charge in [0.15, 0.2) is 0 Å². The molecule has 0 aliphatic heterocycles. The molecule has 132 valence electrons. The van der Waals surface area contributed by atoms with Gasteiger partial charge in [-0.05, 0) is 62.2 Å². The maximum atomic E-state index is 12.2. The Morgan fingerprint density at radius 2 is 1.48 bits per heavy atom. The van der Waals surface area contributed by atoms with E-state index in [1.807, 2.05) is 38.1 Å². The van der Waals surface area contributed by atoms with Crippen LogP contribution in [0.2, 0.25) is 0 Å². The van der Waals surface area contributed by atoms with E-state index in [2.05, 4.69) is 10.6 Å². The molecule has 5 heteroatoms. The maximum absolute atomic E-state index is 12.2. The lowest BCUT2D eigenvalue weighted by atomic mass is 10.1. The van der Waals surface area contributed by atoms with E-state index < -0.39 is 0 Å². The second-order valence-electron chi connectivity index (χ2n) is 6.06. The number of benzene rings is 2. The molecule has 0 aliphatic rings. The van der Waals surface area contributed by atoms with Crippen LogP contribution in [0.25, 0.3) is 0 Å². The molecule has 0 radical (unpaired) electrons. The Kier molecular flexibility index (Phi) is 6.57. The molecule has 5 nitrogen and oxygen atoms in total. The minimum atomic E-state index is -0.149. The van der Waals surface area contributed by atoms with Crippen LogP contribution in [0.5, 0.6) is 5.75 Å². The SMILES string of the molecule is COc1ccc(CCNC(=O)c2ccc(C(=O)NC(C)C)cc2)cc1. The zero-order valence-corrected chi connectivity index (χ0v) is 14.8. The molecule has 0 unspecified atom stereocenters. The maximum Gasteiger partial charge on any atom is 0.251 e. The van der Waals surface area contributed by atoms with Crippen LogP contribution in [0.1, 0.15) is 40.1 Å². The van der Waals surface area contributed by atoms with Crippen LogP contribution >= 0.6 is 0 Å². The van der Waals surface area contributed by atoms with Gasteiger partial charge in [0.1, 0.15) is 5.75 Å². The molecular formula is C20H24N2O3. The van der Waals surface area contributed by atoms with Crippen molar-refractivity contribution in [1.82, 2.24) is 10.6 Å². The highest BCUT2D eigenvalue weighted by molar-refractivity contribution is 5.97. The summed E-state index contributed by atoms with van der Waals surface area (Å²) in [7, 11) is 1.63. The Bertz CT molecular complexity index is 707. The van der Waals surface area contributed by atoms with E-state index in [1.54, 1.807) is 31.4 Å². The zero-order valence-electron chi connectivity index (χ0n) is 14.8. The van der Waals surface area contributed by atoms with E-state index in [4.69, 9.17) is 4.74 Å². The van der Waals surface area contributed by atoms with Crippen LogP contribution in [0.15, 0.2) is 48.5 Å². The molecule has 2 N–H and O–H groups in total. The molecule has 0 atom stereocenters. The topological polar surface area (TPSA) is 67.4 Å². The van der Waals surface area contributed by atoms with Crippen molar-refractivity contribution in [2.75, 3.05) is 13.7 Å². The number of hydrogen-bond donors (Lipinski definition) is 2. The average molecular weight is 340 g/mol. The molecule has 2 amide bonds. The van der Waals surface area contributed by atoms with Crippen molar-refractivity contribution in [1.29, 1.82) is 0 Å². The van der Waals surface area contributed by atoms with Gasteiger partial charge in [0.2, 0.25) is 0 Å². The molecule has 0 spiro atoms. The summed E-state index contributed by atoms with van der Waals surface area (Å²) in [6.07, 6.45) is 0.741. The standard InChI is InChI=1S/C20H24N2O3/c1-14(2)22-20(24)17-8-6-16(7-9-17)19(23)21-13-12-15-4-10-18(25-3)11-5-15/h4-11,14H,12-13H2,1-3H3,(H,21,23)(H,22,24). The molecule has 0 aliphatic carbocycles. The van der Waals surface area contributed by atoms with E-state index >= 15 is 0 Å². The Balaban J connectivity index is 1.84. The van der Waals surface area contributed by atoms with Gasteiger partial charge in [-0.1, -0.05) is 12.1 Å². The lowest BCUT2D eigenvalue weighted by Gasteiger charge is -2.09. The molecule has 0 saturated heterocycles. The summed E-state index contributed by atoms with van der Waals surface area (Å²) in [5.74, 6) is 0.528. The van der Waals surface area contributed by atoms with Crippen LogP contribution in [0.3, 0.4) is 0 Å². The summed E-state index contributed by atoms with van der Waals surface area (Å²) in [5.41, 5.74) is 2.21. The van der Waals surface area contributed by atoms with Crippen LogP contribution < -0.4 is 15.4 Å². The normalized spacial score (nSPS) is 10.4. The molecule has 0 bridgehead atoms. The summed E-state index contributed by atoms with van der Waals surface area (Å²) in [6.45, 7) is 4.35. The highest BCUT2D eigenvalue weighted by atomic mass is 16.5. The molecule has 25 heavy (non-hydrogen) atoms. The molecule has 0 saturated carbocycles. The summed E-state index contributed by atoms with van der Waals surface area (Å²) >= 11 is 0. The van der Waals surface area contributed by atoms with E-state index in [9.17, 15) is 9.59 Å². The lowest BCUT2D eigenvalue weighted by molar-refractivity contribution is 0.0935. The highest BCUT2D eigenvalue weighted by Gasteiger charge is 2.09. The largest absolute Gasteiger partial charge is 0.497 e. The van der Waals surface area contributed by atoms with Gasteiger partial charge < -0.3 is 15.4 Å². The predicted octanol–water partition coefficient (Wildman–Crippen LogP) is 2.81. The predicted molar refractivity (Wildman–Crippen MR) is 98.1 cm³/mol. The highest BCUT2D eigenvalue weighted by Crippen LogP contribution is 2.11. The Hall–Kier alpha value is -2.82. The molecule has 2 aromatic rings. The smallest absolute Gasteiger partial charge is 0.251 e. The van der Waals surface area contributed by atoms with Crippen molar-refractivity contribution in [3.63, 3.8) is 0 Å². The zero-order chi connectivity index (χ0) is 18.2. The van der Waals surface area contributed by atoms with Gasteiger partial charge in [0.25, 0.3) is 11.8 Å². The second-order valence-corrected chi connectivity index (χ2v) is 6.06. The Labute approximate surface area is 148 Å². The summed E-state index contributed by atoms with van der Waals surface area (Å²) in [6, 6.07) is 14.5. The average Bonchev–Trinajstić information content (AvgIpc) is 2.61. The van der Waals surface area contributed by atoms with Gasteiger partial charge in [-0.2, -0.15) is 0 Å². The first kappa shape index (κ1) is 18.5. The number of ether oxygens (including phenoxy) is 1. The minimum Gasteiger partial charge on any atom is -0.497 e. The van der Waals surface area contributed by atoms with Crippen LogP contribution in [-0.4, -0.2) is 31.5 Å². The van der Waals surface area contributed by atoms with Gasteiger partial charge in [-0.3, -0.25) is 9.59 Å². The van der Waals surface area contributed by atoms with Crippen molar-refractivity contribution in [3.8, 4) is 5.75 Å². The van der Waals surface area contributed by atoms with E-state index in [-0.39, 0.29) is 17.9 Å². The molecule has 0 heterocycles. The molecule has 0 fully saturated rings. The van der Waals surface area contributed by atoms with Crippen LogP contribution in [0, 0.1) is 0 Å². The van der Waals surface area contributed by atoms with E-state index in [0.717, 1.165) is 17.7 Å². The van der Waals surface area contributed by atoms with E-state index in [0.29, 0.717) is 17.7 Å². The van der Waals surface area contributed by atoms with Crippen molar-refractivity contribution in [2.45, 2.75) is 26.3 Å². The van der Waals surface area contributed by atoms with Gasteiger partial charge >= 0.3 is 0 Å². The number of rotatable bonds is 7. The quantitative estimate of drug-likeness (QED) is 0.814. The van der Waals surface area contributed by atoms with Gasteiger partial charge in [0.05, 0.1) is 7.11 Å². The molecule has 2 aromatic carbocycles. The van der Waals surface area contributed by atoms with Crippen molar-refractivity contribution < 1.29 is 14.3 Å². The number of nitrogens with one attached hydrogen (secondary N) is 2. The fraction of sp³-hybridized carbons (Fsp3) is 0.300. The first-order chi connectivity index (χ1) is 12.0. The molecule has 0 aromatic heterocycles.